The van der Waals surface area contributed by atoms with Gasteiger partial charge in [0.25, 0.3) is 6.43 Å². The third-order valence-electron chi connectivity index (χ3n) is 2.40. The van der Waals surface area contributed by atoms with Crippen LogP contribution in [0.5, 0.6) is 5.75 Å². The van der Waals surface area contributed by atoms with Gasteiger partial charge in [-0.2, -0.15) is 0 Å². The van der Waals surface area contributed by atoms with Crippen molar-refractivity contribution in [2.24, 2.45) is 0 Å². The molecule has 0 unspecified atom stereocenters. The first-order valence-electron chi connectivity index (χ1n) is 5.03. The van der Waals surface area contributed by atoms with Gasteiger partial charge in [-0.1, -0.05) is 6.07 Å². The summed E-state index contributed by atoms with van der Waals surface area (Å²) in [7, 11) is 0. The van der Waals surface area contributed by atoms with Gasteiger partial charge in [0, 0.05) is 18.3 Å². The van der Waals surface area contributed by atoms with Gasteiger partial charge in [-0.15, -0.1) is 0 Å². The van der Waals surface area contributed by atoms with Crippen LogP contribution in [0.15, 0.2) is 18.2 Å². The zero-order valence-corrected chi connectivity index (χ0v) is 8.30. The Morgan fingerprint density at radius 2 is 2.27 bits per heavy atom. The molecule has 15 heavy (non-hydrogen) atoms. The molecule has 2 nitrogen and oxygen atoms in total. The van der Waals surface area contributed by atoms with Crippen molar-refractivity contribution in [2.45, 2.75) is 19.3 Å². The number of hydrogen-bond acceptors (Lipinski definition) is 2. The zero-order valence-electron chi connectivity index (χ0n) is 8.30. The van der Waals surface area contributed by atoms with E-state index in [0.29, 0.717) is 5.75 Å². The molecule has 1 aromatic rings. The van der Waals surface area contributed by atoms with Gasteiger partial charge in [-0.25, -0.2) is 8.78 Å². The molecule has 1 aliphatic rings. The highest BCUT2D eigenvalue weighted by molar-refractivity contribution is 5.56. The second-order valence-corrected chi connectivity index (χ2v) is 3.55. The second-order valence-electron chi connectivity index (χ2n) is 3.55. The van der Waals surface area contributed by atoms with Gasteiger partial charge in [0.05, 0.1) is 0 Å². The summed E-state index contributed by atoms with van der Waals surface area (Å²) >= 11 is 0. The molecule has 82 valence electrons. The average molecular weight is 213 g/mol. The van der Waals surface area contributed by atoms with Gasteiger partial charge in [-0.05, 0) is 24.5 Å². The van der Waals surface area contributed by atoms with Crippen LogP contribution in [0.3, 0.4) is 0 Å². The van der Waals surface area contributed by atoms with E-state index in [-0.39, 0.29) is 0 Å². The SMILES string of the molecule is FC(F)COc1ccc2c(c1)NCCC2. The first kappa shape index (κ1) is 10.2. The highest BCUT2D eigenvalue weighted by Crippen LogP contribution is 2.26. The first-order chi connectivity index (χ1) is 7.25. The fourth-order valence-corrected chi connectivity index (χ4v) is 1.69. The van der Waals surface area contributed by atoms with Gasteiger partial charge >= 0.3 is 0 Å². The first-order valence-corrected chi connectivity index (χ1v) is 5.03. The van der Waals surface area contributed by atoms with Crippen LogP contribution in [0, 0.1) is 0 Å². The molecule has 0 spiro atoms. The Kier molecular flexibility index (Phi) is 3.04. The van der Waals surface area contributed by atoms with Gasteiger partial charge in [0.2, 0.25) is 0 Å². The second kappa shape index (κ2) is 4.47. The van der Waals surface area contributed by atoms with Crippen molar-refractivity contribution in [3.8, 4) is 5.75 Å². The van der Waals surface area contributed by atoms with Gasteiger partial charge in [-0.3, -0.25) is 0 Å². The molecule has 0 aliphatic carbocycles. The fraction of sp³-hybridized carbons (Fsp3) is 0.455. The standard InChI is InChI=1S/C11H13F2NO/c12-11(13)7-15-9-4-3-8-2-1-5-14-10(8)6-9/h3-4,6,11,14H,1-2,5,7H2. The van der Waals surface area contributed by atoms with E-state index < -0.39 is 13.0 Å². The lowest BCUT2D eigenvalue weighted by molar-refractivity contribution is 0.0819. The van der Waals surface area contributed by atoms with E-state index in [1.807, 2.05) is 6.07 Å². The van der Waals surface area contributed by atoms with E-state index in [4.69, 9.17) is 4.74 Å². The lowest BCUT2D eigenvalue weighted by Gasteiger charge is -2.18. The van der Waals surface area contributed by atoms with E-state index in [9.17, 15) is 8.78 Å². The summed E-state index contributed by atoms with van der Waals surface area (Å²) in [5.41, 5.74) is 2.23. The molecule has 0 bridgehead atoms. The molecule has 1 heterocycles. The smallest absolute Gasteiger partial charge is 0.272 e. The monoisotopic (exact) mass is 213 g/mol. The Hall–Kier alpha value is -1.32. The third kappa shape index (κ3) is 2.58. The number of nitrogens with one attached hydrogen (secondary N) is 1. The number of alkyl halides is 2. The summed E-state index contributed by atoms with van der Waals surface area (Å²) in [4.78, 5) is 0. The van der Waals surface area contributed by atoms with E-state index in [2.05, 4.69) is 5.32 Å². The topological polar surface area (TPSA) is 21.3 Å². The van der Waals surface area contributed by atoms with Gasteiger partial charge in [0.1, 0.15) is 12.4 Å². The molecule has 0 atom stereocenters. The molecule has 2 rings (SSSR count). The largest absolute Gasteiger partial charge is 0.488 e. The number of anilines is 1. The van der Waals surface area contributed by atoms with Gasteiger partial charge in [0.15, 0.2) is 0 Å². The summed E-state index contributed by atoms with van der Waals surface area (Å²) < 4.78 is 28.8. The average Bonchev–Trinajstić information content (AvgIpc) is 2.26. The van der Waals surface area contributed by atoms with Crippen LogP contribution in [0.2, 0.25) is 0 Å². The summed E-state index contributed by atoms with van der Waals surface area (Å²) in [6.07, 6.45) is -0.268. The maximum atomic E-state index is 11.9. The molecule has 1 aliphatic heterocycles. The van der Waals surface area contributed by atoms with Crippen molar-refractivity contribution in [3.63, 3.8) is 0 Å². The van der Waals surface area contributed by atoms with Crippen LogP contribution in [0.4, 0.5) is 14.5 Å². The summed E-state index contributed by atoms with van der Waals surface area (Å²) in [6.45, 7) is 0.393. The molecular weight excluding hydrogens is 200 g/mol. The van der Waals surface area contributed by atoms with Crippen molar-refractivity contribution >= 4 is 5.69 Å². The number of ether oxygens (including phenoxy) is 1. The van der Waals surface area contributed by atoms with Crippen LogP contribution in [0.25, 0.3) is 0 Å². The highest BCUT2D eigenvalue weighted by Gasteiger charge is 2.10. The lowest BCUT2D eigenvalue weighted by Crippen LogP contribution is -2.12. The molecule has 1 N–H and O–H groups in total. The predicted octanol–water partition coefficient (Wildman–Crippen LogP) is 2.69. The number of aryl methyl sites for hydroxylation is 1. The van der Waals surface area contributed by atoms with E-state index in [1.54, 1.807) is 12.1 Å². The molecular formula is C11H13F2NO. The van der Waals surface area contributed by atoms with E-state index in [1.165, 1.54) is 5.56 Å². The number of benzene rings is 1. The third-order valence-corrected chi connectivity index (χ3v) is 2.40. The van der Waals surface area contributed by atoms with Crippen molar-refractivity contribution in [1.82, 2.24) is 0 Å². The normalized spacial score (nSPS) is 14.6. The molecule has 0 radical (unpaired) electrons. The Morgan fingerprint density at radius 3 is 3.07 bits per heavy atom. The molecule has 0 saturated carbocycles. The van der Waals surface area contributed by atoms with E-state index >= 15 is 0 Å². The number of halogens is 2. The maximum absolute atomic E-state index is 11.9. The number of fused-ring (bicyclic) bond motifs is 1. The van der Waals surface area contributed by atoms with Crippen LogP contribution >= 0.6 is 0 Å². The van der Waals surface area contributed by atoms with Crippen molar-refractivity contribution in [1.29, 1.82) is 0 Å². The lowest BCUT2D eigenvalue weighted by atomic mass is 10.0. The predicted molar refractivity (Wildman–Crippen MR) is 54.8 cm³/mol. The minimum atomic E-state index is -2.42. The number of hydrogen-bond donors (Lipinski definition) is 1. The van der Waals surface area contributed by atoms with Crippen molar-refractivity contribution in [3.05, 3.63) is 23.8 Å². The van der Waals surface area contributed by atoms with Crippen LogP contribution < -0.4 is 10.1 Å². The van der Waals surface area contributed by atoms with Crippen molar-refractivity contribution in [2.75, 3.05) is 18.5 Å². The number of rotatable bonds is 3. The van der Waals surface area contributed by atoms with Crippen LogP contribution in [-0.2, 0) is 6.42 Å². The Bertz CT molecular complexity index is 341. The van der Waals surface area contributed by atoms with Crippen molar-refractivity contribution < 1.29 is 13.5 Å². The maximum Gasteiger partial charge on any atom is 0.272 e. The summed E-state index contributed by atoms with van der Waals surface area (Å²) in [5, 5.41) is 3.22. The molecule has 4 heteroatoms. The minimum Gasteiger partial charge on any atom is -0.488 e. The Balaban J connectivity index is 2.07. The molecule has 1 aromatic carbocycles. The van der Waals surface area contributed by atoms with Crippen LogP contribution in [0.1, 0.15) is 12.0 Å². The zero-order chi connectivity index (χ0) is 10.7. The Morgan fingerprint density at radius 1 is 1.40 bits per heavy atom. The summed E-state index contributed by atoms with van der Waals surface area (Å²) in [5.74, 6) is 0.503. The molecule has 0 fully saturated rings. The Labute approximate surface area is 87.2 Å². The fourth-order valence-electron chi connectivity index (χ4n) is 1.69. The molecule has 0 saturated heterocycles. The van der Waals surface area contributed by atoms with Gasteiger partial charge < -0.3 is 10.1 Å². The quantitative estimate of drug-likeness (QED) is 0.833. The molecule has 0 aromatic heterocycles. The van der Waals surface area contributed by atoms with Crippen LogP contribution in [-0.4, -0.2) is 19.6 Å². The summed E-state index contributed by atoms with van der Waals surface area (Å²) in [6, 6.07) is 5.47. The highest BCUT2D eigenvalue weighted by atomic mass is 19.3. The minimum absolute atomic E-state index is 0.503. The molecule has 0 amide bonds. The van der Waals surface area contributed by atoms with E-state index in [0.717, 1.165) is 25.1 Å².